The highest BCUT2D eigenvalue weighted by atomic mass is 32.2. The number of hydrogen-bond acceptors (Lipinski definition) is 6. The Morgan fingerprint density at radius 1 is 1.03 bits per heavy atom. The maximum absolute atomic E-state index is 12.5. The Hall–Kier alpha value is -2.87. The highest BCUT2D eigenvalue weighted by Gasteiger charge is 2.34. The summed E-state index contributed by atoms with van der Waals surface area (Å²) in [6, 6.07) is 14.5. The van der Waals surface area contributed by atoms with Crippen LogP contribution in [0, 0.1) is 0 Å². The molecule has 3 rings (SSSR count). The molecule has 1 atom stereocenters. The molecule has 0 bridgehead atoms. The number of nitrogens with zero attached hydrogens (tertiary/aromatic N) is 1. The van der Waals surface area contributed by atoms with Crippen molar-refractivity contribution in [3.8, 4) is 5.75 Å². The molecule has 2 aromatic rings. The molecule has 1 aliphatic rings. The SMILES string of the molecule is CCN(C(=O)COC(=O)c1ccc(COc2ccc(C(C)(C)C)cc2)cc1)C1CCS(=O)(=O)C1. The van der Waals surface area contributed by atoms with E-state index in [4.69, 9.17) is 9.47 Å². The van der Waals surface area contributed by atoms with E-state index in [1.54, 1.807) is 31.2 Å². The molecule has 7 nitrogen and oxygen atoms in total. The Morgan fingerprint density at radius 3 is 2.21 bits per heavy atom. The van der Waals surface area contributed by atoms with Crippen molar-refractivity contribution in [3.63, 3.8) is 0 Å². The molecule has 1 aliphatic heterocycles. The second-order valence-electron chi connectivity index (χ2n) is 9.57. The van der Waals surface area contributed by atoms with Crippen molar-refractivity contribution < 1.29 is 27.5 Å². The van der Waals surface area contributed by atoms with E-state index < -0.39 is 22.4 Å². The van der Waals surface area contributed by atoms with Gasteiger partial charge < -0.3 is 14.4 Å². The Labute approximate surface area is 202 Å². The molecule has 0 N–H and O–H groups in total. The number of likely N-dealkylation sites (N-methyl/N-ethyl adjacent to an activating group) is 1. The molecule has 0 saturated carbocycles. The molecule has 2 aromatic carbocycles. The standard InChI is InChI=1S/C26H33NO6S/c1-5-27(22-14-15-34(30,31)18-22)24(28)17-33-25(29)20-8-6-19(7-9-20)16-32-23-12-10-21(11-13-23)26(2,3)4/h6-13,22H,5,14-18H2,1-4H3. The van der Waals surface area contributed by atoms with Crippen LogP contribution in [-0.4, -0.2) is 55.9 Å². The van der Waals surface area contributed by atoms with Crippen LogP contribution >= 0.6 is 0 Å². The molecule has 0 aromatic heterocycles. The molecular formula is C26H33NO6S. The molecule has 0 spiro atoms. The molecule has 184 valence electrons. The fourth-order valence-corrected chi connectivity index (χ4v) is 5.64. The lowest BCUT2D eigenvalue weighted by Gasteiger charge is -2.26. The second kappa shape index (κ2) is 10.6. The minimum absolute atomic E-state index is 0.0369. The third-order valence-electron chi connectivity index (χ3n) is 5.95. The summed E-state index contributed by atoms with van der Waals surface area (Å²) in [4.78, 5) is 26.3. The molecule has 1 heterocycles. The molecule has 0 radical (unpaired) electrons. The van der Waals surface area contributed by atoms with Gasteiger partial charge in [-0.15, -0.1) is 0 Å². The van der Waals surface area contributed by atoms with Gasteiger partial charge in [0.2, 0.25) is 0 Å². The van der Waals surface area contributed by atoms with Crippen molar-refractivity contribution in [1.29, 1.82) is 0 Å². The maximum Gasteiger partial charge on any atom is 0.338 e. The monoisotopic (exact) mass is 487 g/mol. The number of benzene rings is 2. The van der Waals surface area contributed by atoms with Crippen molar-refractivity contribution in [2.75, 3.05) is 24.7 Å². The van der Waals surface area contributed by atoms with Crippen LogP contribution < -0.4 is 4.74 Å². The van der Waals surface area contributed by atoms with Crippen LogP contribution in [0.4, 0.5) is 0 Å². The number of carbonyl (C=O) groups is 2. The molecule has 0 aliphatic carbocycles. The van der Waals surface area contributed by atoms with Gasteiger partial charge in [0.1, 0.15) is 12.4 Å². The fraction of sp³-hybridized carbons (Fsp3) is 0.462. The van der Waals surface area contributed by atoms with Gasteiger partial charge in [-0.1, -0.05) is 45.0 Å². The van der Waals surface area contributed by atoms with Crippen molar-refractivity contribution in [2.24, 2.45) is 0 Å². The smallest absolute Gasteiger partial charge is 0.338 e. The molecule has 1 saturated heterocycles. The normalized spacial score (nSPS) is 17.2. The fourth-order valence-electron chi connectivity index (χ4n) is 3.91. The summed E-state index contributed by atoms with van der Waals surface area (Å²) in [5, 5.41) is 0. The van der Waals surface area contributed by atoms with E-state index in [0.29, 0.717) is 25.1 Å². The van der Waals surface area contributed by atoms with Crippen LogP contribution in [-0.2, 0) is 31.4 Å². The average Bonchev–Trinajstić information content (AvgIpc) is 3.15. The van der Waals surface area contributed by atoms with E-state index in [-0.39, 0.29) is 28.9 Å². The topological polar surface area (TPSA) is 90.0 Å². The van der Waals surface area contributed by atoms with Gasteiger partial charge in [0, 0.05) is 12.6 Å². The van der Waals surface area contributed by atoms with Gasteiger partial charge in [-0.25, -0.2) is 13.2 Å². The first kappa shape index (κ1) is 25.7. The zero-order chi connectivity index (χ0) is 24.9. The van der Waals surface area contributed by atoms with E-state index in [0.717, 1.165) is 11.3 Å². The zero-order valence-corrected chi connectivity index (χ0v) is 21.1. The summed E-state index contributed by atoms with van der Waals surface area (Å²) in [5.41, 5.74) is 2.54. The van der Waals surface area contributed by atoms with Crippen LogP contribution in [0.3, 0.4) is 0 Å². The van der Waals surface area contributed by atoms with E-state index >= 15 is 0 Å². The molecule has 1 fully saturated rings. The molecule has 1 unspecified atom stereocenters. The van der Waals surface area contributed by atoms with Crippen LogP contribution in [0.1, 0.15) is 55.6 Å². The summed E-state index contributed by atoms with van der Waals surface area (Å²) >= 11 is 0. The number of sulfone groups is 1. The molecular weight excluding hydrogens is 454 g/mol. The third kappa shape index (κ3) is 6.82. The van der Waals surface area contributed by atoms with Gasteiger partial charge in [-0.2, -0.15) is 0 Å². The Bertz CT molecular complexity index is 1100. The predicted octanol–water partition coefficient (Wildman–Crippen LogP) is 3.76. The van der Waals surface area contributed by atoms with Crippen molar-refractivity contribution in [3.05, 3.63) is 65.2 Å². The maximum atomic E-state index is 12.5. The zero-order valence-electron chi connectivity index (χ0n) is 20.2. The van der Waals surface area contributed by atoms with Crippen LogP contribution in [0.5, 0.6) is 5.75 Å². The lowest BCUT2D eigenvalue weighted by Crippen LogP contribution is -2.43. The quantitative estimate of drug-likeness (QED) is 0.527. The van der Waals surface area contributed by atoms with Gasteiger partial charge in [-0.05, 0) is 54.2 Å². The van der Waals surface area contributed by atoms with Gasteiger partial charge >= 0.3 is 5.97 Å². The highest BCUT2D eigenvalue weighted by Crippen LogP contribution is 2.24. The van der Waals surface area contributed by atoms with Gasteiger partial charge in [-0.3, -0.25) is 4.79 Å². The minimum Gasteiger partial charge on any atom is -0.489 e. The van der Waals surface area contributed by atoms with Crippen LogP contribution in [0.15, 0.2) is 48.5 Å². The van der Waals surface area contributed by atoms with Gasteiger partial charge in [0.15, 0.2) is 16.4 Å². The summed E-state index contributed by atoms with van der Waals surface area (Å²) in [7, 11) is -3.10. The lowest BCUT2D eigenvalue weighted by atomic mass is 9.87. The molecule has 8 heteroatoms. The molecule has 34 heavy (non-hydrogen) atoms. The first-order valence-corrected chi connectivity index (χ1v) is 13.3. The van der Waals surface area contributed by atoms with Gasteiger partial charge in [0.05, 0.1) is 17.1 Å². The Morgan fingerprint density at radius 2 is 1.68 bits per heavy atom. The van der Waals surface area contributed by atoms with Crippen LogP contribution in [0.25, 0.3) is 0 Å². The minimum atomic E-state index is -3.10. The Kier molecular flexibility index (Phi) is 8.02. The van der Waals surface area contributed by atoms with E-state index in [1.807, 2.05) is 12.1 Å². The van der Waals surface area contributed by atoms with Crippen molar-refractivity contribution in [2.45, 2.75) is 52.2 Å². The summed E-state index contributed by atoms with van der Waals surface area (Å²) in [6.07, 6.45) is 0.417. The van der Waals surface area contributed by atoms with Gasteiger partial charge in [0.25, 0.3) is 5.91 Å². The second-order valence-corrected chi connectivity index (χ2v) is 11.8. The number of rotatable bonds is 8. The van der Waals surface area contributed by atoms with Crippen molar-refractivity contribution >= 4 is 21.7 Å². The first-order valence-electron chi connectivity index (χ1n) is 11.5. The van der Waals surface area contributed by atoms with E-state index in [9.17, 15) is 18.0 Å². The summed E-state index contributed by atoms with van der Waals surface area (Å²) < 4.78 is 34.4. The Balaban J connectivity index is 1.49. The number of amides is 1. The van der Waals surface area contributed by atoms with E-state index in [2.05, 4.69) is 32.9 Å². The number of ether oxygens (including phenoxy) is 2. The van der Waals surface area contributed by atoms with Crippen LogP contribution in [0.2, 0.25) is 0 Å². The number of carbonyl (C=O) groups excluding carboxylic acids is 2. The summed E-state index contributed by atoms with van der Waals surface area (Å²) in [6.45, 7) is 8.57. The third-order valence-corrected chi connectivity index (χ3v) is 7.70. The first-order chi connectivity index (χ1) is 16.0. The number of hydrogen-bond donors (Lipinski definition) is 0. The highest BCUT2D eigenvalue weighted by molar-refractivity contribution is 7.91. The van der Waals surface area contributed by atoms with Crippen molar-refractivity contribution in [1.82, 2.24) is 4.90 Å². The lowest BCUT2D eigenvalue weighted by molar-refractivity contribution is -0.136. The largest absolute Gasteiger partial charge is 0.489 e. The number of esters is 1. The van der Waals surface area contributed by atoms with E-state index in [1.165, 1.54) is 10.5 Å². The summed E-state index contributed by atoms with van der Waals surface area (Å²) in [5.74, 6) is -0.177. The average molecular weight is 488 g/mol. The molecule has 1 amide bonds. The predicted molar refractivity (Wildman–Crippen MR) is 131 cm³/mol.